The van der Waals surface area contributed by atoms with Gasteiger partial charge in [-0.25, -0.2) is 9.97 Å². The van der Waals surface area contributed by atoms with Crippen molar-refractivity contribution in [3.05, 3.63) is 30.4 Å². The van der Waals surface area contributed by atoms with Gasteiger partial charge in [0.05, 0.1) is 23.1 Å². The lowest BCUT2D eigenvalue weighted by molar-refractivity contribution is 0.646. The largest absolute Gasteiger partial charge is 0.330 e. The van der Waals surface area contributed by atoms with E-state index in [1.165, 1.54) is 0 Å². The van der Waals surface area contributed by atoms with Crippen LogP contribution in [-0.2, 0) is 6.54 Å². The maximum Gasteiger partial charge on any atom is 0.115 e. The summed E-state index contributed by atoms with van der Waals surface area (Å²) < 4.78 is 2.20. The highest BCUT2D eigenvalue weighted by molar-refractivity contribution is 6.00. The molecule has 0 saturated heterocycles. The van der Waals surface area contributed by atoms with Gasteiger partial charge in [-0.3, -0.25) is 4.98 Å². The van der Waals surface area contributed by atoms with Gasteiger partial charge in [0.2, 0.25) is 0 Å². The molecule has 0 aromatic carbocycles. The lowest BCUT2D eigenvalue weighted by atomic mass is 10.1. The van der Waals surface area contributed by atoms with Crippen LogP contribution in [0.25, 0.3) is 22.1 Å². The van der Waals surface area contributed by atoms with Crippen LogP contribution < -0.4 is 5.73 Å². The molecule has 0 bridgehead atoms. The summed E-state index contributed by atoms with van der Waals surface area (Å²) in [6.45, 7) is 5.81. The Hall–Kier alpha value is -2.01. The molecule has 0 aliphatic heterocycles. The fourth-order valence-electron chi connectivity index (χ4n) is 2.62. The van der Waals surface area contributed by atoms with Crippen LogP contribution in [0.4, 0.5) is 0 Å². The van der Waals surface area contributed by atoms with E-state index in [-0.39, 0.29) is 5.92 Å². The highest BCUT2D eigenvalue weighted by Gasteiger charge is 2.17. The van der Waals surface area contributed by atoms with Crippen molar-refractivity contribution in [3.8, 4) is 0 Å². The first-order valence-electron chi connectivity index (χ1n) is 7.55. The van der Waals surface area contributed by atoms with Gasteiger partial charge in [-0.2, -0.15) is 0 Å². The molecule has 110 valence electrons. The van der Waals surface area contributed by atoms with E-state index in [1.807, 2.05) is 24.7 Å². The summed E-state index contributed by atoms with van der Waals surface area (Å²) in [4.78, 5) is 13.9. The molecule has 3 rings (SSSR count). The molecule has 0 fully saturated rings. The smallest absolute Gasteiger partial charge is 0.115 e. The minimum Gasteiger partial charge on any atom is -0.330 e. The zero-order valence-electron chi connectivity index (χ0n) is 12.6. The number of rotatable bonds is 5. The van der Waals surface area contributed by atoms with Crippen LogP contribution in [0.5, 0.6) is 0 Å². The highest BCUT2D eigenvalue weighted by Crippen LogP contribution is 2.28. The van der Waals surface area contributed by atoms with Crippen molar-refractivity contribution in [2.75, 3.05) is 6.54 Å². The first kappa shape index (κ1) is 13.9. The number of pyridine rings is 2. The summed E-state index contributed by atoms with van der Waals surface area (Å²) in [5.74, 6) is 0.187. The van der Waals surface area contributed by atoms with Gasteiger partial charge < -0.3 is 10.3 Å². The maximum absolute atomic E-state index is 5.84. The number of unbranched alkanes of at least 4 members (excludes halogenated alkanes) is 1. The Morgan fingerprint density at radius 3 is 2.90 bits per heavy atom. The predicted octanol–water partition coefficient (Wildman–Crippen LogP) is 2.84. The average molecular weight is 283 g/mol. The molecule has 21 heavy (non-hydrogen) atoms. The number of nitrogens with two attached hydrogens (primary N) is 1. The van der Waals surface area contributed by atoms with Crippen LogP contribution >= 0.6 is 0 Å². The first-order valence-corrected chi connectivity index (χ1v) is 7.55. The topological polar surface area (TPSA) is 69.6 Å². The van der Waals surface area contributed by atoms with Crippen LogP contribution in [-0.4, -0.2) is 26.1 Å². The fraction of sp³-hybridized carbons (Fsp3) is 0.438. The molecule has 3 aromatic rings. The number of hydrogen-bond donors (Lipinski definition) is 1. The van der Waals surface area contributed by atoms with Crippen molar-refractivity contribution in [1.82, 2.24) is 19.5 Å². The van der Waals surface area contributed by atoms with E-state index in [9.17, 15) is 0 Å². The molecule has 1 atom stereocenters. The fourth-order valence-corrected chi connectivity index (χ4v) is 2.62. The van der Waals surface area contributed by atoms with E-state index < -0.39 is 0 Å². The van der Waals surface area contributed by atoms with E-state index in [2.05, 4.69) is 28.4 Å². The Bertz CT molecular complexity index is 762. The molecule has 3 heterocycles. The lowest BCUT2D eigenvalue weighted by Crippen LogP contribution is -2.11. The summed E-state index contributed by atoms with van der Waals surface area (Å²) in [7, 11) is 0. The molecule has 3 aromatic heterocycles. The van der Waals surface area contributed by atoms with Gasteiger partial charge in [-0.05, 0) is 18.6 Å². The predicted molar refractivity (Wildman–Crippen MR) is 85.2 cm³/mol. The van der Waals surface area contributed by atoms with Crippen molar-refractivity contribution in [1.29, 1.82) is 0 Å². The van der Waals surface area contributed by atoms with E-state index in [1.54, 1.807) is 0 Å². The minimum atomic E-state index is 0.187. The number of fused-ring (bicyclic) bond motifs is 3. The van der Waals surface area contributed by atoms with Crippen LogP contribution in [0.1, 0.15) is 38.3 Å². The van der Waals surface area contributed by atoms with Crippen molar-refractivity contribution in [2.45, 2.75) is 39.2 Å². The van der Waals surface area contributed by atoms with E-state index in [0.29, 0.717) is 6.54 Å². The molecular formula is C16H21N5. The molecule has 2 N–H and O–H groups in total. The molecule has 0 aliphatic rings. The number of imidazole rings is 1. The maximum atomic E-state index is 5.84. The standard InChI is InChI=1S/C16H21N5/c1-3-4-8-21-10-19-15-13(11(2)9-17)20-12-6-5-7-18-14(12)16(15)21/h5-7,10-11H,3-4,8-9,17H2,1-2H3. The molecule has 5 heteroatoms. The third-order valence-electron chi connectivity index (χ3n) is 3.90. The number of aryl methyl sites for hydroxylation is 1. The summed E-state index contributed by atoms with van der Waals surface area (Å²) in [6, 6.07) is 3.93. The van der Waals surface area contributed by atoms with Crippen molar-refractivity contribution in [2.24, 2.45) is 5.73 Å². The van der Waals surface area contributed by atoms with Crippen molar-refractivity contribution >= 4 is 22.1 Å². The number of nitrogens with zero attached hydrogens (tertiary/aromatic N) is 4. The first-order chi connectivity index (χ1) is 10.3. The van der Waals surface area contributed by atoms with E-state index in [4.69, 9.17) is 10.7 Å². The van der Waals surface area contributed by atoms with Gasteiger partial charge in [-0.15, -0.1) is 0 Å². The van der Waals surface area contributed by atoms with Crippen LogP contribution in [0.3, 0.4) is 0 Å². The van der Waals surface area contributed by atoms with Crippen molar-refractivity contribution < 1.29 is 0 Å². The Morgan fingerprint density at radius 2 is 2.14 bits per heavy atom. The second-order valence-corrected chi connectivity index (χ2v) is 5.49. The zero-order valence-corrected chi connectivity index (χ0v) is 12.6. The summed E-state index contributed by atoms with van der Waals surface area (Å²) in [5.41, 5.74) is 10.7. The third-order valence-corrected chi connectivity index (χ3v) is 3.90. The summed E-state index contributed by atoms with van der Waals surface area (Å²) in [5, 5.41) is 0. The second kappa shape index (κ2) is 5.77. The molecule has 0 saturated carbocycles. The van der Waals surface area contributed by atoms with Gasteiger partial charge >= 0.3 is 0 Å². The lowest BCUT2D eigenvalue weighted by Gasteiger charge is -2.11. The molecule has 0 radical (unpaired) electrons. The molecule has 1 unspecified atom stereocenters. The highest BCUT2D eigenvalue weighted by atomic mass is 15.1. The minimum absolute atomic E-state index is 0.187. The summed E-state index contributed by atoms with van der Waals surface area (Å²) in [6.07, 6.45) is 6.00. The van der Waals surface area contributed by atoms with Gasteiger partial charge in [0, 0.05) is 25.2 Å². The van der Waals surface area contributed by atoms with E-state index in [0.717, 1.165) is 47.1 Å². The van der Waals surface area contributed by atoms with Crippen molar-refractivity contribution in [3.63, 3.8) is 0 Å². The quantitative estimate of drug-likeness (QED) is 0.781. The molecule has 5 nitrogen and oxygen atoms in total. The molecule has 0 spiro atoms. The Morgan fingerprint density at radius 1 is 1.29 bits per heavy atom. The second-order valence-electron chi connectivity index (χ2n) is 5.49. The van der Waals surface area contributed by atoms with Crippen LogP contribution in [0.15, 0.2) is 24.7 Å². The average Bonchev–Trinajstić information content (AvgIpc) is 2.95. The van der Waals surface area contributed by atoms with Crippen LogP contribution in [0.2, 0.25) is 0 Å². The number of aromatic nitrogens is 4. The van der Waals surface area contributed by atoms with Crippen LogP contribution in [0, 0.1) is 0 Å². The molecule has 0 amide bonds. The number of hydrogen-bond acceptors (Lipinski definition) is 4. The van der Waals surface area contributed by atoms with Gasteiger partial charge in [-0.1, -0.05) is 20.3 Å². The monoisotopic (exact) mass is 283 g/mol. The van der Waals surface area contributed by atoms with E-state index >= 15 is 0 Å². The Balaban J connectivity index is 2.31. The van der Waals surface area contributed by atoms with Gasteiger partial charge in [0.1, 0.15) is 11.0 Å². The van der Waals surface area contributed by atoms with Gasteiger partial charge in [0.15, 0.2) is 0 Å². The summed E-state index contributed by atoms with van der Waals surface area (Å²) >= 11 is 0. The molecule has 0 aliphatic carbocycles. The Kier molecular flexibility index (Phi) is 3.84. The normalized spacial score (nSPS) is 13.1. The third kappa shape index (κ3) is 2.38. The Labute approximate surface area is 124 Å². The SMILES string of the molecule is CCCCn1cnc2c(C(C)CN)nc3cccnc3c21. The zero-order chi connectivity index (χ0) is 14.8. The molecular weight excluding hydrogens is 262 g/mol. The van der Waals surface area contributed by atoms with Gasteiger partial charge in [0.25, 0.3) is 0 Å².